The van der Waals surface area contributed by atoms with Gasteiger partial charge in [0.25, 0.3) is 5.91 Å². The van der Waals surface area contributed by atoms with Crippen LogP contribution in [-0.4, -0.2) is 30.4 Å². The molecule has 0 aliphatic heterocycles. The van der Waals surface area contributed by atoms with Gasteiger partial charge < -0.3 is 10.4 Å². The van der Waals surface area contributed by atoms with Crippen LogP contribution >= 0.6 is 11.8 Å². The van der Waals surface area contributed by atoms with E-state index in [4.69, 9.17) is 0 Å². The fourth-order valence-electron chi connectivity index (χ4n) is 2.54. The highest BCUT2D eigenvalue weighted by Crippen LogP contribution is 2.24. The Kier molecular flexibility index (Phi) is 6.40. The Labute approximate surface area is 146 Å². The molecule has 1 amide bonds. The Hall–Kier alpha value is -1.85. The van der Waals surface area contributed by atoms with Gasteiger partial charge in [0.05, 0.1) is 12.2 Å². The molecule has 0 fully saturated rings. The number of carbonyl (C=O) groups is 1. The molecule has 2 aromatic rings. The van der Waals surface area contributed by atoms with E-state index in [1.807, 2.05) is 37.3 Å². The van der Waals surface area contributed by atoms with Crippen molar-refractivity contribution in [2.75, 3.05) is 19.4 Å². The van der Waals surface area contributed by atoms with E-state index in [0.717, 1.165) is 5.56 Å². The predicted octanol–water partition coefficient (Wildman–Crippen LogP) is 3.52. The van der Waals surface area contributed by atoms with Gasteiger partial charge in [0, 0.05) is 16.9 Å². The summed E-state index contributed by atoms with van der Waals surface area (Å²) in [6.45, 7) is 2.09. The van der Waals surface area contributed by atoms with Crippen molar-refractivity contribution in [3.63, 3.8) is 0 Å². The second-order valence-corrected chi connectivity index (χ2v) is 6.98. The Bertz CT molecular complexity index is 693. The summed E-state index contributed by atoms with van der Waals surface area (Å²) in [4.78, 5) is 13.0. The summed E-state index contributed by atoms with van der Waals surface area (Å²) >= 11 is 1.33. The van der Waals surface area contributed by atoms with Gasteiger partial charge in [0.1, 0.15) is 5.82 Å². The molecule has 5 heteroatoms. The van der Waals surface area contributed by atoms with Gasteiger partial charge in [-0.25, -0.2) is 4.39 Å². The number of aliphatic hydroxyl groups excluding tert-OH is 1. The highest BCUT2D eigenvalue weighted by Gasteiger charge is 2.26. The van der Waals surface area contributed by atoms with Gasteiger partial charge in [-0.2, -0.15) is 0 Å². The molecule has 0 radical (unpaired) electrons. The highest BCUT2D eigenvalue weighted by molar-refractivity contribution is 7.98. The smallest absolute Gasteiger partial charge is 0.255 e. The van der Waals surface area contributed by atoms with Crippen molar-refractivity contribution in [1.29, 1.82) is 0 Å². The average Bonchev–Trinajstić information content (AvgIpc) is 2.60. The minimum atomic E-state index is -0.534. The van der Waals surface area contributed by atoms with Crippen LogP contribution in [0.2, 0.25) is 0 Å². The minimum absolute atomic E-state index is 0.0602. The van der Waals surface area contributed by atoms with E-state index < -0.39 is 17.1 Å². The number of thioether (sulfide) groups is 1. The first-order valence-corrected chi connectivity index (χ1v) is 8.97. The van der Waals surface area contributed by atoms with E-state index in [9.17, 15) is 14.3 Å². The lowest BCUT2D eigenvalue weighted by molar-refractivity contribution is 0.0888. The van der Waals surface area contributed by atoms with Gasteiger partial charge in [-0.15, -0.1) is 11.8 Å². The monoisotopic (exact) mass is 347 g/mol. The Morgan fingerprint density at radius 2 is 1.92 bits per heavy atom. The van der Waals surface area contributed by atoms with Gasteiger partial charge in [-0.05, 0) is 30.4 Å². The van der Waals surface area contributed by atoms with Crippen LogP contribution in [0, 0.1) is 11.2 Å². The third-order valence-corrected chi connectivity index (χ3v) is 4.73. The molecule has 3 nitrogen and oxygen atoms in total. The fourth-order valence-corrected chi connectivity index (χ4v) is 3.15. The summed E-state index contributed by atoms with van der Waals surface area (Å²) in [6.07, 6.45) is 2.43. The van der Waals surface area contributed by atoms with Crippen LogP contribution in [-0.2, 0) is 6.42 Å². The Morgan fingerprint density at radius 1 is 1.21 bits per heavy atom. The van der Waals surface area contributed by atoms with Crippen molar-refractivity contribution in [2.45, 2.75) is 18.2 Å². The first-order valence-electron chi connectivity index (χ1n) is 7.74. The molecule has 2 aromatic carbocycles. The third kappa shape index (κ3) is 4.58. The molecular weight excluding hydrogens is 325 g/mol. The van der Waals surface area contributed by atoms with Gasteiger partial charge in [-0.3, -0.25) is 4.79 Å². The number of rotatable bonds is 7. The molecule has 0 saturated carbocycles. The van der Waals surface area contributed by atoms with E-state index >= 15 is 0 Å². The van der Waals surface area contributed by atoms with Crippen molar-refractivity contribution < 1.29 is 14.3 Å². The lowest BCUT2D eigenvalue weighted by atomic mass is 9.84. The van der Waals surface area contributed by atoms with Crippen LogP contribution in [0.1, 0.15) is 22.8 Å². The molecule has 0 heterocycles. The predicted molar refractivity (Wildman–Crippen MR) is 95.9 cm³/mol. The molecule has 0 aliphatic rings. The summed E-state index contributed by atoms with van der Waals surface area (Å²) in [5.41, 5.74) is 0.630. The van der Waals surface area contributed by atoms with E-state index in [2.05, 4.69) is 5.32 Å². The first-order chi connectivity index (χ1) is 11.5. The maximum Gasteiger partial charge on any atom is 0.255 e. The van der Waals surface area contributed by atoms with E-state index in [1.165, 1.54) is 17.8 Å². The van der Waals surface area contributed by atoms with Gasteiger partial charge >= 0.3 is 0 Å². The van der Waals surface area contributed by atoms with Crippen LogP contribution in [0.15, 0.2) is 53.4 Å². The molecule has 128 valence electrons. The number of halogens is 1. The largest absolute Gasteiger partial charge is 0.396 e. The number of hydrogen-bond acceptors (Lipinski definition) is 3. The Morgan fingerprint density at radius 3 is 2.54 bits per heavy atom. The minimum Gasteiger partial charge on any atom is -0.396 e. The van der Waals surface area contributed by atoms with E-state index in [-0.39, 0.29) is 18.7 Å². The number of aliphatic hydroxyl groups is 1. The highest BCUT2D eigenvalue weighted by atomic mass is 32.2. The van der Waals surface area contributed by atoms with Crippen molar-refractivity contribution in [3.05, 3.63) is 65.5 Å². The van der Waals surface area contributed by atoms with Crippen LogP contribution < -0.4 is 5.32 Å². The lowest BCUT2D eigenvalue weighted by Gasteiger charge is -2.28. The summed E-state index contributed by atoms with van der Waals surface area (Å²) < 4.78 is 14.0. The summed E-state index contributed by atoms with van der Waals surface area (Å²) in [5, 5.41) is 12.5. The molecule has 0 spiro atoms. The Balaban J connectivity index is 2.09. The number of amides is 1. The zero-order valence-electron chi connectivity index (χ0n) is 13.9. The summed E-state index contributed by atoms with van der Waals surface area (Å²) in [7, 11) is 0. The second-order valence-electron chi connectivity index (χ2n) is 6.13. The van der Waals surface area contributed by atoms with Crippen LogP contribution in [0.5, 0.6) is 0 Å². The van der Waals surface area contributed by atoms with Crippen LogP contribution in [0.4, 0.5) is 4.39 Å². The molecule has 0 bridgehead atoms. The van der Waals surface area contributed by atoms with Crippen molar-refractivity contribution >= 4 is 17.7 Å². The van der Waals surface area contributed by atoms with Crippen LogP contribution in [0.25, 0.3) is 0 Å². The number of hydrogen-bond donors (Lipinski definition) is 2. The standard InChI is InChI=1S/C19H22FNO2S/c1-19(13-22,11-14-7-4-3-5-8-14)12-21-18(23)17-15(20)9-6-10-16(17)24-2/h3-10,22H,11-13H2,1-2H3,(H,21,23). The zero-order valence-corrected chi connectivity index (χ0v) is 14.7. The molecule has 1 unspecified atom stereocenters. The molecule has 0 saturated heterocycles. The lowest BCUT2D eigenvalue weighted by Crippen LogP contribution is -2.40. The van der Waals surface area contributed by atoms with Crippen molar-refractivity contribution in [2.24, 2.45) is 5.41 Å². The maximum atomic E-state index is 14.0. The fraction of sp³-hybridized carbons (Fsp3) is 0.316. The summed E-state index contributed by atoms with van der Waals surface area (Å²) in [6, 6.07) is 14.4. The molecular formula is C19H22FNO2S. The first kappa shape index (κ1) is 18.5. The topological polar surface area (TPSA) is 49.3 Å². The average molecular weight is 347 g/mol. The van der Waals surface area contributed by atoms with Gasteiger partial charge in [0.2, 0.25) is 0 Å². The molecule has 2 N–H and O–H groups in total. The molecule has 0 aliphatic carbocycles. The number of nitrogens with one attached hydrogen (secondary N) is 1. The summed E-state index contributed by atoms with van der Waals surface area (Å²) in [5.74, 6) is -0.988. The van der Waals surface area contributed by atoms with Crippen LogP contribution in [0.3, 0.4) is 0 Å². The van der Waals surface area contributed by atoms with Gasteiger partial charge in [0.15, 0.2) is 0 Å². The second kappa shape index (κ2) is 8.31. The number of benzene rings is 2. The van der Waals surface area contributed by atoms with Crippen molar-refractivity contribution in [3.8, 4) is 0 Å². The van der Waals surface area contributed by atoms with E-state index in [0.29, 0.717) is 11.3 Å². The third-order valence-electron chi connectivity index (χ3n) is 3.95. The molecule has 24 heavy (non-hydrogen) atoms. The molecule has 1 atom stereocenters. The maximum absolute atomic E-state index is 14.0. The molecule has 0 aromatic heterocycles. The van der Waals surface area contributed by atoms with Gasteiger partial charge in [-0.1, -0.05) is 43.3 Å². The zero-order chi connectivity index (χ0) is 17.6. The quantitative estimate of drug-likeness (QED) is 0.754. The number of carbonyl (C=O) groups excluding carboxylic acids is 1. The van der Waals surface area contributed by atoms with Crippen molar-refractivity contribution in [1.82, 2.24) is 5.32 Å². The van der Waals surface area contributed by atoms with E-state index in [1.54, 1.807) is 18.4 Å². The SMILES string of the molecule is CSc1cccc(F)c1C(=O)NCC(C)(CO)Cc1ccccc1. The normalized spacial score (nSPS) is 13.3. The molecule has 2 rings (SSSR count).